The van der Waals surface area contributed by atoms with Crippen LogP contribution in [0.25, 0.3) is 0 Å². The van der Waals surface area contributed by atoms with Gasteiger partial charge in [-0.1, -0.05) is 6.42 Å². The lowest BCUT2D eigenvalue weighted by Crippen LogP contribution is -2.32. The molecule has 0 bridgehead atoms. The molecule has 0 radical (unpaired) electrons. The summed E-state index contributed by atoms with van der Waals surface area (Å²) in [6, 6.07) is 5.46. The maximum Gasteiger partial charge on any atom is 0.254 e. The van der Waals surface area contributed by atoms with Crippen LogP contribution in [0.15, 0.2) is 18.2 Å². The Morgan fingerprint density at radius 3 is 2.81 bits per heavy atom. The van der Waals surface area contributed by atoms with Crippen LogP contribution in [0.3, 0.4) is 0 Å². The molecule has 1 atom stereocenters. The number of carbonyl (C=O) groups excluding carboxylic acids is 1. The molecule has 3 aliphatic heterocycles. The number of ether oxygens (including phenoxy) is 2. The number of amides is 1. The van der Waals surface area contributed by atoms with Crippen molar-refractivity contribution in [1.29, 1.82) is 0 Å². The summed E-state index contributed by atoms with van der Waals surface area (Å²) in [5.41, 5.74) is 0.641. The molecule has 1 unspecified atom stereocenters. The summed E-state index contributed by atoms with van der Waals surface area (Å²) in [7, 11) is 0. The van der Waals surface area contributed by atoms with Crippen molar-refractivity contribution in [1.82, 2.24) is 19.7 Å². The van der Waals surface area contributed by atoms with Gasteiger partial charge in [0.25, 0.3) is 5.91 Å². The van der Waals surface area contributed by atoms with Crippen LogP contribution >= 0.6 is 0 Å². The fourth-order valence-electron chi connectivity index (χ4n) is 4.37. The van der Waals surface area contributed by atoms with E-state index in [1.165, 1.54) is 12.8 Å². The molecule has 0 aliphatic carbocycles. The van der Waals surface area contributed by atoms with Gasteiger partial charge in [-0.15, -0.1) is 10.2 Å². The molecule has 1 fully saturated rings. The highest BCUT2D eigenvalue weighted by atomic mass is 16.6. The van der Waals surface area contributed by atoms with Crippen molar-refractivity contribution in [2.24, 2.45) is 0 Å². The molecule has 5 rings (SSSR count). The summed E-state index contributed by atoms with van der Waals surface area (Å²) in [6.45, 7) is 2.77. The Bertz CT molecular complexity index is 863. The largest absolute Gasteiger partial charge is 0.486 e. The third-order valence-electron chi connectivity index (χ3n) is 5.74. The molecule has 7 nitrogen and oxygen atoms in total. The molecular weight excluding hydrogens is 344 g/mol. The highest BCUT2D eigenvalue weighted by Gasteiger charge is 2.35. The molecule has 2 aromatic rings. The summed E-state index contributed by atoms with van der Waals surface area (Å²) in [5.74, 6) is 3.41. The molecule has 1 aromatic heterocycles. The van der Waals surface area contributed by atoms with Gasteiger partial charge in [-0.3, -0.25) is 4.79 Å². The fraction of sp³-hybridized carbons (Fsp3) is 0.550. The van der Waals surface area contributed by atoms with Crippen LogP contribution in [0.2, 0.25) is 0 Å². The third kappa shape index (κ3) is 2.95. The number of aryl methyl sites for hydroxylation is 1. The van der Waals surface area contributed by atoms with Crippen LogP contribution in [0, 0.1) is 0 Å². The monoisotopic (exact) mass is 368 g/mol. The number of hydrogen-bond acceptors (Lipinski definition) is 5. The first-order valence-electron chi connectivity index (χ1n) is 9.94. The Hall–Kier alpha value is -2.57. The number of rotatable bonds is 2. The van der Waals surface area contributed by atoms with Crippen molar-refractivity contribution < 1.29 is 14.3 Å². The zero-order valence-corrected chi connectivity index (χ0v) is 15.4. The van der Waals surface area contributed by atoms with E-state index in [-0.39, 0.29) is 11.9 Å². The van der Waals surface area contributed by atoms with Crippen LogP contribution < -0.4 is 9.47 Å². The number of benzene rings is 1. The van der Waals surface area contributed by atoms with Gasteiger partial charge in [0.2, 0.25) is 0 Å². The van der Waals surface area contributed by atoms with Crippen LogP contribution in [-0.4, -0.2) is 45.3 Å². The van der Waals surface area contributed by atoms with Crippen molar-refractivity contribution in [2.75, 3.05) is 19.8 Å². The second-order valence-electron chi connectivity index (χ2n) is 7.45. The maximum absolute atomic E-state index is 13.2. The Morgan fingerprint density at radius 1 is 1.00 bits per heavy atom. The summed E-state index contributed by atoms with van der Waals surface area (Å²) >= 11 is 0. The number of carbonyl (C=O) groups is 1. The first-order chi connectivity index (χ1) is 13.3. The SMILES string of the molecule is O=C(c1ccc2c(c1)OCCO2)N1CCCC1c1nnc2n1CCCCC2. The van der Waals surface area contributed by atoms with Gasteiger partial charge in [0.05, 0.1) is 6.04 Å². The Kier molecular flexibility index (Phi) is 4.22. The minimum atomic E-state index is 0.00468. The van der Waals surface area contributed by atoms with E-state index in [9.17, 15) is 4.79 Å². The zero-order valence-electron chi connectivity index (χ0n) is 15.4. The van der Waals surface area contributed by atoms with Crippen molar-refractivity contribution in [2.45, 2.75) is 51.1 Å². The lowest BCUT2D eigenvalue weighted by atomic mass is 10.1. The maximum atomic E-state index is 13.2. The molecule has 0 saturated carbocycles. The Balaban J connectivity index is 1.43. The molecule has 0 N–H and O–H groups in total. The molecule has 1 amide bonds. The molecule has 4 heterocycles. The van der Waals surface area contributed by atoms with E-state index < -0.39 is 0 Å². The highest BCUT2D eigenvalue weighted by molar-refractivity contribution is 5.95. The van der Waals surface area contributed by atoms with Crippen LogP contribution in [-0.2, 0) is 13.0 Å². The minimum absolute atomic E-state index is 0.00468. The molecular formula is C20H24N4O3. The second kappa shape index (κ2) is 6.87. The van der Waals surface area contributed by atoms with Crippen molar-refractivity contribution in [3.05, 3.63) is 35.4 Å². The standard InChI is InChI=1S/C20H24N4O3/c25-20(14-7-8-16-17(13-14)27-12-11-26-16)23-10-4-5-15(23)19-22-21-18-6-2-1-3-9-24(18)19/h7-8,13,15H,1-6,9-12H2. The van der Waals surface area contributed by atoms with Gasteiger partial charge in [0.1, 0.15) is 19.0 Å². The summed E-state index contributed by atoms with van der Waals surface area (Å²) < 4.78 is 13.5. The molecule has 3 aliphatic rings. The fourth-order valence-corrected chi connectivity index (χ4v) is 4.37. The molecule has 142 valence electrons. The Morgan fingerprint density at radius 2 is 1.89 bits per heavy atom. The lowest BCUT2D eigenvalue weighted by Gasteiger charge is -2.25. The van der Waals surface area contributed by atoms with Crippen molar-refractivity contribution >= 4 is 5.91 Å². The van der Waals surface area contributed by atoms with Gasteiger partial charge >= 0.3 is 0 Å². The van der Waals surface area contributed by atoms with E-state index in [1.54, 1.807) is 6.07 Å². The lowest BCUT2D eigenvalue weighted by molar-refractivity contribution is 0.0726. The first-order valence-corrected chi connectivity index (χ1v) is 9.94. The second-order valence-corrected chi connectivity index (χ2v) is 7.45. The van der Waals surface area contributed by atoms with Crippen LogP contribution in [0.5, 0.6) is 11.5 Å². The van der Waals surface area contributed by atoms with Crippen LogP contribution in [0.1, 0.15) is 60.2 Å². The van der Waals surface area contributed by atoms with E-state index in [4.69, 9.17) is 9.47 Å². The van der Waals surface area contributed by atoms with E-state index in [1.807, 2.05) is 17.0 Å². The van der Waals surface area contributed by atoms with Gasteiger partial charge in [0, 0.05) is 25.1 Å². The highest BCUT2D eigenvalue weighted by Crippen LogP contribution is 2.36. The van der Waals surface area contributed by atoms with Crippen molar-refractivity contribution in [3.8, 4) is 11.5 Å². The van der Waals surface area contributed by atoms with Gasteiger partial charge in [-0.2, -0.15) is 0 Å². The quantitative estimate of drug-likeness (QED) is 0.815. The van der Waals surface area contributed by atoms with Gasteiger partial charge in [0.15, 0.2) is 17.3 Å². The number of aromatic nitrogens is 3. The molecule has 1 aromatic carbocycles. The number of hydrogen-bond donors (Lipinski definition) is 0. The first kappa shape index (κ1) is 16.6. The van der Waals surface area contributed by atoms with E-state index in [0.29, 0.717) is 30.3 Å². The van der Waals surface area contributed by atoms with Crippen LogP contribution in [0.4, 0.5) is 0 Å². The van der Waals surface area contributed by atoms with Crippen molar-refractivity contribution in [3.63, 3.8) is 0 Å². The van der Waals surface area contributed by atoms with Gasteiger partial charge < -0.3 is 18.9 Å². The smallest absolute Gasteiger partial charge is 0.254 e. The van der Waals surface area contributed by atoms with Gasteiger partial charge in [-0.05, 0) is 43.9 Å². The van der Waals surface area contributed by atoms with E-state index in [0.717, 1.165) is 50.4 Å². The average molecular weight is 368 g/mol. The molecule has 27 heavy (non-hydrogen) atoms. The van der Waals surface area contributed by atoms with E-state index >= 15 is 0 Å². The van der Waals surface area contributed by atoms with E-state index in [2.05, 4.69) is 14.8 Å². The predicted molar refractivity (Wildman–Crippen MR) is 98.0 cm³/mol. The molecule has 1 saturated heterocycles. The normalized spacial score (nSPS) is 21.6. The zero-order chi connectivity index (χ0) is 18.2. The molecule has 7 heteroatoms. The topological polar surface area (TPSA) is 69.5 Å². The summed E-state index contributed by atoms with van der Waals surface area (Å²) in [4.78, 5) is 15.2. The average Bonchev–Trinajstić information content (AvgIpc) is 3.27. The molecule has 0 spiro atoms. The number of fused-ring (bicyclic) bond motifs is 2. The number of nitrogens with zero attached hydrogens (tertiary/aromatic N) is 4. The minimum Gasteiger partial charge on any atom is -0.486 e. The number of likely N-dealkylation sites (tertiary alicyclic amines) is 1. The Labute approximate surface area is 158 Å². The summed E-state index contributed by atoms with van der Waals surface area (Å²) in [6.07, 6.45) is 6.46. The van der Waals surface area contributed by atoms with Gasteiger partial charge in [-0.25, -0.2) is 0 Å². The third-order valence-corrected chi connectivity index (χ3v) is 5.74. The summed E-state index contributed by atoms with van der Waals surface area (Å²) in [5, 5.41) is 8.92. The predicted octanol–water partition coefficient (Wildman–Crippen LogP) is 2.75.